The zero-order valence-electron chi connectivity index (χ0n) is 11.5. The molecule has 0 heterocycles. The SMILES string of the molecule is CCCN(CC)CC(=O)Nc1ccc(C(N)=S)cc1. The molecule has 19 heavy (non-hydrogen) atoms. The Morgan fingerprint density at radius 2 is 1.95 bits per heavy atom. The summed E-state index contributed by atoms with van der Waals surface area (Å²) in [4.78, 5) is 14.3. The molecule has 1 aromatic carbocycles. The molecule has 1 amide bonds. The Morgan fingerprint density at radius 1 is 1.32 bits per heavy atom. The van der Waals surface area contributed by atoms with E-state index in [9.17, 15) is 4.79 Å². The second-order valence-electron chi connectivity index (χ2n) is 4.36. The number of anilines is 1. The van der Waals surface area contributed by atoms with Gasteiger partial charge in [0.1, 0.15) is 4.99 Å². The largest absolute Gasteiger partial charge is 0.389 e. The Hall–Kier alpha value is -1.46. The molecule has 1 rings (SSSR count). The molecule has 1 aromatic rings. The van der Waals surface area contributed by atoms with Gasteiger partial charge in [-0.3, -0.25) is 9.69 Å². The van der Waals surface area contributed by atoms with Crippen LogP contribution in [0.3, 0.4) is 0 Å². The smallest absolute Gasteiger partial charge is 0.238 e. The van der Waals surface area contributed by atoms with Crippen LogP contribution in [-0.4, -0.2) is 35.4 Å². The van der Waals surface area contributed by atoms with Gasteiger partial charge in [-0.25, -0.2) is 0 Å². The summed E-state index contributed by atoms with van der Waals surface area (Å²) in [7, 11) is 0. The molecule has 0 atom stereocenters. The Bertz CT molecular complexity index is 431. The van der Waals surface area contributed by atoms with Gasteiger partial charge in [0, 0.05) is 11.3 Å². The van der Waals surface area contributed by atoms with Crippen LogP contribution in [0.2, 0.25) is 0 Å². The molecular weight excluding hydrogens is 258 g/mol. The third-order valence-corrected chi connectivity index (χ3v) is 3.04. The fraction of sp³-hybridized carbons (Fsp3) is 0.429. The number of benzene rings is 1. The van der Waals surface area contributed by atoms with Crippen LogP contribution >= 0.6 is 12.2 Å². The zero-order chi connectivity index (χ0) is 14.3. The molecule has 0 bridgehead atoms. The van der Waals surface area contributed by atoms with Gasteiger partial charge in [0.15, 0.2) is 0 Å². The average Bonchev–Trinajstić information content (AvgIpc) is 2.38. The van der Waals surface area contributed by atoms with Crippen molar-refractivity contribution in [1.82, 2.24) is 4.90 Å². The summed E-state index contributed by atoms with van der Waals surface area (Å²) < 4.78 is 0. The number of likely N-dealkylation sites (N-methyl/N-ethyl adjacent to an activating group) is 1. The molecule has 4 nitrogen and oxygen atoms in total. The first-order chi connectivity index (χ1) is 9.06. The number of nitrogens with two attached hydrogens (primary N) is 1. The minimum Gasteiger partial charge on any atom is -0.389 e. The van der Waals surface area contributed by atoms with Crippen LogP contribution in [0.4, 0.5) is 5.69 Å². The summed E-state index contributed by atoms with van der Waals surface area (Å²) in [6.07, 6.45) is 1.05. The Labute approximate surface area is 120 Å². The topological polar surface area (TPSA) is 58.4 Å². The molecular formula is C14H21N3OS. The summed E-state index contributed by atoms with van der Waals surface area (Å²) in [5, 5.41) is 2.87. The van der Waals surface area contributed by atoms with Gasteiger partial charge in [0.05, 0.1) is 6.54 Å². The van der Waals surface area contributed by atoms with E-state index in [1.165, 1.54) is 0 Å². The molecule has 0 saturated carbocycles. The van der Waals surface area contributed by atoms with Gasteiger partial charge in [0.25, 0.3) is 0 Å². The lowest BCUT2D eigenvalue weighted by atomic mass is 10.2. The van der Waals surface area contributed by atoms with Gasteiger partial charge in [-0.05, 0) is 43.8 Å². The Kier molecular flexibility index (Phi) is 6.45. The van der Waals surface area contributed by atoms with Crippen molar-refractivity contribution < 1.29 is 4.79 Å². The van der Waals surface area contributed by atoms with Crippen LogP contribution in [0, 0.1) is 0 Å². The standard InChI is InChI=1S/C14H21N3OS/c1-3-9-17(4-2)10-13(18)16-12-7-5-11(6-8-12)14(15)19/h5-8H,3-4,9-10H2,1-2H3,(H2,15,19)(H,16,18). The fourth-order valence-electron chi connectivity index (χ4n) is 1.79. The maximum absolute atomic E-state index is 11.9. The van der Waals surface area contributed by atoms with E-state index in [2.05, 4.69) is 24.1 Å². The first kappa shape index (κ1) is 15.6. The number of hydrogen-bond acceptors (Lipinski definition) is 3. The van der Waals surface area contributed by atoms with Crippen LogP contribution in [0.15, 0.2) is 24.3 Å². The lowest BCUT2D eigenvalue weighted by Gasteiger charge is -2.18. The molecule has 3 N–H and O–H groups in total. The number of hydrogen-bond donors (Lipinski definition) is 2. The van der Waals surface area contributed by atoms with Crippen LogP contribution in [0.25, 0.3) is 0 Å². The van der Waals surface area contributed by atoms with E-state index in [1.807, 2.05) is 24.3 Å². The summed E-state index contributed by atoms with van der Waals surface area (Å²) in [5.41, 5.74) is 7.08. The molecule has 0 aliphatic carbocycles. The first-order valence-electron chi connectivity index (χ1n) is 6.48. The number of amides is 1. The summed E-state index contributed by atoms with van der Waals surface area (Å²) in [5.74, 6) is -0.00150. The van der Waals surface area contributed by atoms with Crippen LogP contribution in [-0.2, 0) is 4.79 Å². The highest BCUT2D eigenvalue weighted by Gasteiger charge is 2.08. The van der Waals surface area contributed by atoms with E-state index in [-0.39, 0.29) is 5.91 Å². The van der Waals surface area contributed by atoms with Crippen LogP contribution in [0.1, 0.15) is 25.8 Å². The van der Waals surface area contributed by atoms with Crippen molar-refractivity contribution in [1.29, 1.82) is 0 Å². The molecule has 5 heteroatoms. The van der Waals surface area contributed by atoms with E-state index in [0.29, 0.717) is 11.5 Å². The average molecular weight is 279 g/mol. The fourth-order valence-corrected chi connectivity index (χ4v) is 1.92. The second-order valence-corrected chi connectivity index (χ2v) is 4.80. The second kappa shape index (κ2) is 7.86. The number of nitrogens with zero attached hydrogens (tertiary/aromatic N) is 1. The third kappa shape index (κ3) is 5.36. The van der Waals surface area contributed by atoms with E-state index in [0.717, 1.165) is 30.8 Å². The van der Waals surface area contributed by atoms with E-state index < -0.39 is 0 Å². The monoisotopic (exact) mass is 279 g/mol. The van der Waals surface area contributed by atoms with Gasteiger partial charge in [-0.1, -0.05) is 26.1 Å². The van der Waals surface area contributed by atoms with Gasteiger partial charge >= 0.3 is 0 Å². The Morgan fingerprint density at radius 3 is 2.42 bits per heavy atom. The number of carbonyl (C=O) groups is 1. The van der Waals surface area contributed by atoms with Gasteiger partial charge in [0.2, 0.25) is 5.91 Å². The molecule has 0 aromatic heterocycles. The van der Waals surface area contributed by atoms with E-state index in [4.69, 9.17) is 18.0 Å². The molecule has 0 saturated heterocycles. The van der Waals surface area contributed by atoms with Crippen molar-refractivity contribution in [3.8, 4) is 0 Å². The van der Waals surface area contributed by atoms with Crippen molar-refractivity contribution in [3.63, 3.8) is 0 Å². The molecule has 0 aliphatic heterocycles. The van der Waals surface area contributed by atoms with Crippen LogP contribution in [0.5, 0.6) is 0 Å². The number of nitrogens with one attached hydrogen (secondary N) is 1. The number of rotatable bonds is 7. The van der Waals surface area contributed by atoms with Gasteiger partial charge in [-0.2, -0.15) is 0 Å². The molecule has 0 fully saturated rings. The highest BCUT2D eigenvalue weighted by atomic mass is 32.1. The highest BCUT2D eigenvalue weighted by molar-refractivity contribution is 7.80. The van der Waals surface area contributed by atoms with Crippen molar-refractivity contribution >= 4 is 28.8 Å². The van der Waals surface area contributed by atoms with Crippen molar-refractivity contribution in [2.75, 3.05) is 25.0 Å². The summed E-state index contributed by atoms with van der Waals surface area (Å²) in [6.45, 7) is 6.39. The number of carbonyl (C=O) groups excluding carboxylic acids is 1. The zero-order valence-corrected chi connectivity index (χ0v) is 12.3. The lowest BCUT2D eigenvalue weighted by molar-refractivity contribution is -0.117. The van der Waals surface area contributed by atoms with Gasteiger partial charge < -0.3 is 11.1 Å². The van der Waals surface area contributed by atoms with Crippen LogP contribution < -0.4 is 11.1 Å². The maximum atomic E-state index is 11.9. The first-order valence-corrected chi connectivity index (χ1v) is 6.89. The lowest BCUT2D eigenvalue weighted by Crippen LogP contribution is -2.33. The van der Waals surface area contributed by atoms with E-state index in [1.54, 1.807) is 0 Å². The summed E-state index contributed by atoms with van der Waals surface area (Å²) in [6, 6.07) is 7.23. The van der Waals surface area contributed by atoms with Gasteiger partial charge in [-0.15, -0.1) is 0 Å². The molecule has 0 unspecified atom stereocenters. The summed E-state index contributed by atoms with van der Waals surface area (Å²) >= 11 is 4.88. The molecule has 0 aliphatic rings. The molecule has 0 spiro atoms. The highest BCUT2D eigenvalue weighted by Crippen LogP contribution is 2.09. The minimum absolute atomic E-state index is 0.00150. The minimum atomic E-state index is -0.00150. The maximum Gasteiger partial charge on any atom is 0.238 e. The van der Waals surface area contributed by atoms with E-state index >= 15 is 0 Å². The number of thiocarbonyl (C=S) groups is 1. The van der Waals surface area contributed by atoms with Crippen molar-refractivity contribution in [2.45, 2.75) is 20.3 Å². The molecule has 0 radical (unpaired) electrons. The predicted octanol–water partition coefficient (Wildman–Crippen LogP) is 1.99. The normalized spacial score (nSPS) is 10.5. The quantitative estimate of drug-likeness (QED) is 0.749. The van der Waals surface area contributed by atoms with Crippen molar-refractivity contribution in [2.24, 2.45) is 5.73 Å². The van der Waals surface area contributed by atoms with Crippen molar-refractivity contribution in [3.05, 3.63) is 29.8 Å². The predicted molar refractivity (Wildman–Crippen MR) is 83.4 cm³/mol. The third-order valence-electron chi connectivity index (χ3n) is 2.81. The molecule has 104 valence electrons. The Balaban J connectivity index is 2.54.